The summed E-state index contributed by atoms with van der Waals surface area (Å²) in [4.78, 5) is 0. The van der Waals surface area contributed by atoms with Gasteiger partial charge >= 0.3 is 89.4 Å². The van der Waals surface area contributed by atoms with Crippen LogP contribution in [0, 0.1) is 0 Å². The van der Waals surface area contributed by atoms with Gasteiger partial charge in [-0.15, -0.1) is 0 Å². The number of hydrogen-bond acceptors (Lipinski definition) is 0. The van der Waals surface area contributed by atoms with Crippen LogP contribution in [0.25, 0.3) is 0 Å². The predicted molar refractivity (Wildman–Crippen MR) is 68.5 cm³/mol. The molecule has 0 aromatic heterocycles. The number of unbranched alkanes of at least 4 members (excludes halogenated alkanes) is 3. The van der Waals surface area contributed by atoms with Crippen molar-refractivity contribution in [1.29, 1.82) is 0 Å². The van der Waals surface area contributed by atoms with E-state index in [-0.39, 0.29) is 5.48 Å². The smallest absolute Gasteiger partial charge is 0.412 e. The van der Waals surface area contributed by atoms with Gasteiger partial charge in [-0.3, -0.25) is 0 Å². The molecule has 0 saturated heterocycles. The monoisotopic (exact) mass is 263 g/mol. The Morgan fingerprint density at radius 2 is 0.929 bits per heavy atom. The molecule has 0 spiro atoms. The molecule has 0 amide bonds. The molecule has 14 heavy (non-hydrogen) atoms. The first-order chi connectivity index (χ1) is 6.35. The van der Waals surface area contributed by atoms with E-state index in [4.69, 9.17) is 0 Å². The van der Waals surface area contributed by atoms with Gasteiger partial charge in [-0.1, -0.05) is 0 Å². The first-order valence-electron chi connectivity index (χ1n) is 6.18. The molecule has 0 aliphatic heterocycles. The molecule has 0 unspecified atom stereocenters. The van der Waals surface area contributed by atoms with E-state index in [2.05, 4.69) is 20.8 Å². The number of rotatable bonds is 9. The fourth-order valence-electron chi connectivity index (χ4n) is 1.66. The molecule has 0 fully saturated rings. The Kier molecular flexibility index (Phi) is 16.3. The summed E-state index contributed by atoms with van der Waals surface area (Å²) in [5, 5.41) is 4.95. The van der Waals surface area contributed by atoms with Crippen LogP contribution in [-0.4, -0.2) is 19.8 Å². The summed E-state index contributed by atoms with van der Waals surface area (Å²) < 4.78 is 0. The van der Waals surface area contributed by atoms with Crippen molar-refractivity contribution in [2.24, 2.45) is 0 Å². The quantitative estimate of drug-likeness (QED) is 0.561. The van der Waals surface area contributed by atoms with E-state index >= 15 is 0 Å². The normalized spacial score (nSPS) is 10.3. The van der Waals surface area contributed by atoms with Crippen molar-refractivity contribution < 1.29 is 5.48 Å². The fraction of sp³-hybridized carbons (Fsp3) is 1.00. The van der Waals surface area contributed by atoms with Gasteiger partial charge in [0.05, 0.1) is 0 Å². The third kappa shape index (κ3) is 10.6. The predicted octanol–water partition coefficient (Wildman–Crippen LogP) is 4.06. The van der Waals surface area contributed by atoms with Gasteiger partial charge in [-0.2, -0.15) is 0 Å². The van der Waals surface area contributed by atoms with E-state index in [1.807, 2.05) is 0 Å². The van der Waals surface area contributed by atoms with Crippen LogP contribution in [0.3, 0.4) is 0 Å². The molecule has 0 aromatic rings. The van der Waals surface area contributed by atoms with Gasteiger partial charge in [0.15, 0.2) is 0 Å². The standard InChI is InChI=1S/C12H27Ge.H2O/c1-4-7-10-13(11-8-5-2)12-9-6-3;/h4-12H2,1-3H3;1H2. The average molecular weight is 262 g/mol. The van der Waals surface area contributed by atoms with Crippen molar-refractivity contribution in [3.05, 3.63) is 0 Å². The van der Waals surface area contributed by atoms with Crippen molar-refractivity contribution >= 4 is 14.3 Å². The minimum absolute atomic E-state index is 0. The van der Waals surface area contributed by atoms with Crippen molar-refractivity contribution in [2.75, 3.05) is 0 Å². The first-order valence-corrected chi connectivity index (χ1v) is 10.6. The number of hydrogen-bond donors (Lipinski definition) is 0. The fourth-order valence-corrected chi connectivity index (χ4v) is 8.60. The van der Waals surface area contributed by atoms with Crippen LogP contribution in [0.4, 0.5) is 0 Å². The molecule has 0 bridgehead atoms. The summed E-state index contributed by atoms with van der Waals surface area (Å²) in [5.41, 5.74) is 0. The summed E-state index contributed by atoms with van der Waals surface area (Å²) in [6.45, 7) is 6.99. The maximum atomic E-state index is 2.33. The van der Waals surface area contributed by atoms with Crippen molar-refractivity contribution in [3.63, 3.8) is 0 Å². The van der Waals surface area contributed by atoms with Crippen LogP contribution in [0.15, 0.2) is 0 Å². The molecule has 0 aliphatic rings. The molecule has 0 rings (SSSR count). The Hall–Kier alpha value is 0.503. The minimum atomic E-state index is -0.552. The average Bonchev–Trinajstić information content (AvgIpc) is 2.17. The van der Waals surface area contributed by atoms with Crippen molar-refractivity contribution in [3.8, 4) is 0 Å². The summed E-state index contributed by atoms with van der Waals surface area (Å²) in [5.74, 6) is 0. The second-order valence-corrected chi connectivity index (χ2v) is 10.4. The van der Waals surface area contributed by atoms with Gasteiger partial charge in [0, 0.05) is 0 Å². The SMILES string of the molecule is CCC[CH2][Ge]([CH2]CCC)[CH2]CCC.O. The topological polar surface area (TPSA) is 31.5 Å². The molecule has 87 valence electrons. The van der Waals surface area contributed by atoms with E-state index in [1.165, 1.54) is 38.5 Å². The molecule has 1 radical (unpaired) electrons. The van der Waals surface area contributed by atoms with Crippen LogP contribution >= 0.6 is 0 Å². The Labute approximate surface area is 95.1 Å². The van der Waals surface area contributed by atoms with Gasteiger partial charge in [-0.25, -0.2) is 0 Å². The molecule has 0 saturated carbocycles. The van der Waals surface area contributed by atoms with Gasteiger partial charge in [0.2, 0.25) is 0 Å². The van der Waals surface area contributed by atoms with E-state index in [9.17, 15) is 0 Å². The maximum Gasteiger partial charge on any atom is -0.412 e. The van der Waals surface area contributed by atoms with Crippen molar-refractivity contribution in [1.82, 2.24) is 0 Å². The van der Waals surface area contributed by atoms with Gasteiger partial charge in [-0.05, 0) is 0 Å². The summed E-state index contributed by atoms with van der Waals surface area (Å²) in [6, 6.07) is 0. The zero-order valence-electron chi connectivity index (χ0n) is 10.4. The van der Waals surface area contributed by atoms with Crippen LogP contribution < -0.4 is 0 Å². The molecule has 2 heteroatoms. The van der Waals surface area contributed by atoms with Crippen LogP contribution in [-0.2, 0) is 0 Å². The molecule has 0 aromatic carbocycles. The zero-order valence-corrected chi connectivity index (χ0v) is 12.5. The third-order valence-corrected chi connectivity index (χ3v) is 9.33. The Morgan fingerprint density at radius 1 is 0.643 bits per heavy atom. The summed E-state index contributed by atoms with van der Waals surface area (Å²) in [6.07, 6.45) is 8.78. The molecule has 0 atom stereocenters. The Balaban J connectivity index is 0. The largest absolute Gasteiger partial charge is 0.412 e. The van der Waals surface area contributed by atoms with Crippen LogP contribution in [0.1, 0.15) is 59.3 Å². The second kappa shape index (κ2) is 13.5. The third-order valence-electron chi connectivity index (χ3n) is 2.65. The van der Waals surface area contributed by atoms with E-state index in [1.54, 1.807) is 15.8 Å². The second-order valence-electron chi connectivity index (χ2n) is 4.06. The molecule has 1 nitrogen and oxygen atoms in total. The minimum Gasteiger partial charge on any atom is -0.412 e. The van der Waals surface area contributed by atoms with Crippen LogP contribution in [0.5, 0.6) is 0 Å². The Bertz CT molecular complexity index is 77.3. The van der Waals surface area contributed by atoms with E-state index in [0.717, 1.165) is 0 Å². The zero-order chi connectivity index (χ0) is 9.94. The van der Waals surface area contributed by atoms with Gasteiger partial charge in [0.1, 0.15) is 0 Å². The van der Waals surface area contributed by atoms with Crippen LogP contribution in [0.2, 0.25) is 15.8 Å². The molecule has 0 aliphatic carbocycles. The van der Waals surface area contributed by atoms with Gasteiger partial charge in [0.25, 0.3) is 0 Å². The summed E-state index contributed by atoms with van der Waals surface area (Å²) >= 11 is -0.552. The van der Waals surface area contributed by atoms with E-state index < -0.39 is 14.3 Å². The molecule has 0 heterocycles. The molecular weight excluding hydrogens is 233 g/mol. The Morgan fingerprint density at radius 3 is 1.14 bits per heavy atom. The maximum absolute atomic E-state index is 2.33. The van der Waals surface area contributed by atoms with Gasteiger partial charge < -0.3 is 5.48 Å². The van der Waals surface area contributed by atoms with E-state index in [0.29, 0.717) is 0 Å². The van der Waals surface area contributed by atoms with Crippen molar-refractivity contribution in [2.45, 2.75) is 75.1 Å². The molecule has 2 N–H and O–H groups in total. The first kappa shape index (κ1) is 16.9. The molecular formula is C12H29GeO. The summed E-state index contributed by atoms with van der Waals surface area (Å²) in [7, 11) is 0.